The van der Waals surface area contributed by atoms with Crippen LogP contribution in [-0.4, -0.2) is 12.0 Å². The molecule has 0 saturated carbocycles. The molecule has 0 fully saturated rings. The largest absolute Gasteiger partial charge is 0.489 e. The molecule has 0 aliphatic rings. The first kappa shape index (κ1) is 15.6. The Bertz CT molecular complexity index is 685. The van der Waals surface area contributed by atoms with Crippen LogP contribution in [0.5, 0.6) is 5.75 Å². The number of hydrogen-bond donors (Lipinski definition) is 1. The highest BCUT2D eigenvalue weighted by atomic mass is 16.5. The predicted molar refractivity (Wildman–Crippen MR) is 85.9 cm³/mol. The molecule has 0 aromatic heterocycles. The fraction of sp³-hybridized carbons (Fsp3) is 0.222. The minimum Gasteiger partial charge on any atom is -0.489 e. The summed E-state index contributed by atoms with van der Waals surface area (Å²) in [6.45, 7) is 3.87. The van der Waals surface area contributed by atoms with E-state index in [1.54, 1.807) is 30.3 Å². The molecule has 2 aromatic carbocycles. The second kappa shape index (κ2) is 7.28. The molecule has 2 rings (SSSR count). The standard InChI is InChI=1S/C18H18N2O2/c1-13(2)22-17-6-4-3-5-16(17)20-18(21)15-9-7-14(8-10-15)11-12-19/h3-10,13H,11H2,1-2H3,(H,20,21). The number of nitriles is 1. The third-order valence-electron chi connectivity index (χ3n) is 3.00. The molecule has 4 nitrogen and oxygen atoms in total. The quantitative estimate of drug-likeness (QED) is 0.912. The number of nitrogens with zero attached hydrogens (tertiary/aromatic N) is 1. The number of ether oxygens (including phenoxy) is 1. The molecule has 0 spiro atoms. The maximum atomic E-state index is 12.3. The number of anilines is 1. The summed E-state index contributed by atoms with van der Waals surface area (Å²) in [5.74, 6) is 0.440. The van der Waals surface area contributed by atoms with Gasteiger partial charge in [-0.3, -0.25) is 4.79 Å². The van der Waals surface area contributed by atoms with E-state index in [2.05, 4.69) is 11.4 Å². The van der Waals surface area contributed by atoms with Crippen LogP contribution in [0.2, 0.25) is 0 Å². The molecule has 1 N–H and O–H groups in total. The number of para-hydroxylation sites is 2. The zero-order valence-corrected chi connectivity index (χ0v) is 12.7. The second-order valence-corrected chi connectivity index (χ2v) is 5.15. The number of carbonyl (C=O) groups excluding carboxylic acids is 1. The average molecular weight is 294 g/mol. The Balaban J connectivity index is 2.13. The average Bonchev–Trinajstić information content (AvgIpc) is 2.50. The van der Waals surface area contributed by atoms with Crippen molar-refractivity contribution < 1.29 is 9.53 Å². The van der Waals surface area contributed by atoms with E-state index in [1.807, 2.05) is 32.0 Å². The van der Waals surface area contributed by atoms with Crippen molar-refractivity contribution >= 4 is 11.6 Å². The van der Waals surface area contributed by atoms with Crippen LogP contribution in [0.3, 0.4) is 0 Å². The van der Waals surface area contributed by atoms with Crippen LogP contribution < -0.4 is 10.1 Å². The van der Waals surface area contributed by atoms with Crippen molar-refractivity contribution in [3.05, 3.63) is 59.7 Å². The maximum absolute atomic E-state index is 12.3. The third kappa shape index (κ3) is 4.10. The molecule has 0 aliphatic carbocycles. The Hall–Kier alpha value is -2.80. The van der Waals surface area contributed by atoms with Crippen LogP contribution in [0.1, 0.15) is 29.8 Å². The van der Waals surface area contributed by atoms with Gasteiger partial charge < -0.3 is 10.1 Å². The monoisotopic (exact) mass is 294 g/mol. The summed E-state index contributed by atoms with van der Waals surface area (Å²) in [7, 11) is 0. The Labute approximate surface area is 130 Å². The number of carbonyl (C=O) groups is 1. The van der Waals surface area contributed by atoms with Crippen LogP contribution >= 0.6 is 0 Å². The lowest BCUT2D eigenvalue weighted by Gasteiger charge is -2.14. The van der Waals surface area contributed by atoms with Gasteiger partial charge in [-0.1, -0.05) is 24.3 Å². The van der Waals surface area contributed by atoms with Gasteiger partial charge in [0.15, 0.2) is 0 Å². The maximum Gasteiger partial charge on any atom is 0.255 e. The van der Waals surface area contributed by atoms with Crippen molar-refractivity contribution in [1.29, 1.82) is 5.26 Å². The fourth-order valence-corrected chi connectivity index (χ4v) is 1.99. The zero-order chi connectivity index (χ0) is 15.9. The van der Waals surface area contributed by atoms with Crippen molar-refractivity contribution in [2.75, 3.05) is 5.32 Å². The van der Waals surface area contributed by atoms with Gasteiger partial charge in [0.1, 0.15) is 5.75 Å². The second-order valence-electron chi connectivity index (χ2n) is 5.15. The normalized spacial score (nSPS) is 10.1. The fourth-order valence-electron chi connectivity index (χ4n) is 1.99. The van der Waals surface area contributed by atoms with E-state index >= 15 is 0 Å². The highest BCUT2D eigenvalue weighted by Crippen LogP contribution is 2.25. The van der Waals surface area contributed by atoms with E-state index in [9.17, 15) is 4.79 Å². The first-order valence-electron chi connectivity index (χ1n) is 7.13. The minimum atomic E-state index is -0.205. The van der Waals surface area contributed by atoms with Gasteiger partial charge in [0.25, 0.3) is 5.91 Å². The van der Waals surface area contributed by atoms with E-state index in [1.165, 1.54) is 0 Å². The molecule has 2 aromatic rings. The Morgan fingerprint density at radius 3 is 2.50 bits per heavy atom. The van der Waals surface area contributed by atoms with Crippen LogP contribution in [0.25, 0.3) is 0 Å². The lowest BCUT2D eigenvalue weighted by molar-refractivity contribution is 0.102. The molecule has 0 aliphatic heterocycles. The summed E-state index contributed by atoms with van der Waals surface area (Å²) >= 11 is 0. The lowest BCUT2D eigenvalue weighted by atomic mass is 10.1. The van der Waals surface area contributed by atoms with E-state index in [4.69, 9.17) is 10.00 Å². The predicted octanol–water partition coefficient (Wildman–Crippen LogP) is 3.79. The van der Waals surface area contributed by atoms with E-state index in [0.717, 1.165) is 5.56 Å². The molecule has 22 heavy (non-hydrogen) atoms. The van der Waals surface area contributed by atoms with Gasteiger partial charge in [-0.25, -0.2) is 0 Å². The van der Waals surface area contributed by atoms with Crippen LogP contribution in [0.4, 0.5) is 5.69 Å². The Morgan fingerprint density at radius 1 is 1.18 bits per heavy atom. The van der Waals surface area contributed by atoms with E-state index in [-0.39, 0.29) is 12.0 Å². The van der Waals surface area contributed by atoms with E-state index in [0.29, 0.717) is 23.4 Å². The highest BCUT2D eigenvalue weighted by Gasteiger charge is 2.10. The molecule has 0 heterocycles. The summed E-state index contributed by atoms with van der Waals surface area (Å²) in [5, 5.41) is 11.5. The van der Waals surface area contributed by atoms with Crippen molar-refractivity contribution in [2.45, 2.75) is 26.4 Å². The number of rotatable bonds is 5. The van der Waals surface area contributed by atoms with Crippen LogP contribution in [-0.2, 0) is 6.42 Å². The molecular formula is C18H18N2O2. The highest BCUT2D eigenvalue weighted by molar-refractivity contribution is 6.05. The van der Waals surface area contributed by atoms with Crippen molar-refractivity contribution in [2.24, 2.45) is 0 Å². The number of benzene rings is 2. The zero-order valence-electron chi connectivity index (χ0n) is 12.7. The summed E-state index contributed by atoms with van der Waals surface area (Å²) in [5.41, 5.74) is 2.07. The van der Waals surface area contributed by atoms with Gasteiger partial charge >= 0.3 is 0 Å². The number of amides is 1. The molecule has 0 bridgehead atoms. The summed E-state index contributed by atoms with van der Waals surface area (Å²) in [6, 6.07) is 16.4. The first-order chi connectivity index (χ1) is 10.6. The molecule has 0 unspecified atom stereocenters. The van der Waals surface area contributed by atoms with Crippen molar-refractivity contribution in [1.82, 2.24) is 0 Å². The summed E-state index contributed by atoms with van der Waals surface area (Å²) in [6.07, 6.45) is 0.371. The summed E-state index contributed by atoms with van der Waals surface area (Å²) in [4.78, 5) is 12.3. The Kier molecular flexibility index (Phi) is 5.16. The molecule has 0 radical (unpaired) electrons. The lowest BCUT2D eigenvalue weighted by Crippen LogP contribution is -2.14. The van der Waals surface area contributed by atoms with Gasteiger partial charge in [0.05, 0.1) is 24.3 Å². The van der Waals surface area contributed by atoms with Gasteiger partial charge in [0.2, 0.25) is 0 Å². The molecule has 1 amide bonds. The van der Waals surface area contributed by atoms with Gasteiger partial charge in [-0.05, 0) is 43.7 Å². The number of nitrogens with one attached hydrogen (secondary N) is 1. The van der Waals surface area contributed by atoms with Gasteiger partial charge in [-0.15, -0.1) is 0 Å². The van der Waals surface area contributed by atoms with Gasteiger partial charge in [0, 0.05) is 5.56 Å². The van der Waals surface area contributed by atoms with Crippen LogP contribution in [0, 0.1) is 11.3 Å². The van der Waals surface area contributed by atoms with E-state index < -0.39 is 0 Å². The number of hydrogen-bond acceptors (Lipinski definition) is 3. The smallest absolute Gasteiger partial charge is 0.255 e. The third-order valence-corrected chi connectivity index (χ3v) is 3.00. The first-order valence-corrected chi connectivity index (χ1v) is 7.13. The molecule has 0 atom stereocenters. The minimum absolute atomic E-state index is 0.0308. The van der Waals surface area contributed by atoms with Crippen LogP contribution in [0.15, 0.2) is 48.5 Å². The van der Waals surface area contributed by atoms with Crippen molar-refractivity contribution in [3.63, 3.8) is 0 Å². The molecule has 112 valence electrons. The Morgan fingerprint density at radius 2 is 1.86 bits per heavy atom. The topological polar surface area (TPSA) is 62.1 Å². The molecule has 4 heteroatoms. The molecule has 0 saturated heterocycles. The SMILES string of the molecule is CC(C)Oc1ccccc1NC(=O)c1ccc(CC#N)cc1. The van der Waals surface area contributed by atoms with Gasteiger partial charge in [-0.2, -0.15) is 5.26 Å². The molecular weight excluding hydrogens is 276 g/mol. The van der Waals surface area contributed by atoms with Crippen molar-refractivity contribution in [3.8, 4) is 11.8 Å². The summed E-state index contributed by atoms with van der Waals surface area (Å²) < 4.78 is 5.68.